The summed E-state index contributed by atoms with van der Waals surface area (Å²) in [7, 11) is 0. The van der Waals surface area contributed by atoms with Gasteiger partial charge in [0.15, 0.2) is 0 Å². The maximum Gasteiger partial charge on any atom is 0.132 e. The number of aliphatic hydroxyl groups is 1. The van der Waals surface area contributed by atoms with E-state index < -0.39 is 0 Å². The van der Waals surface area contributed by atoms with Gasteiger partial charge in [-0.25, -0.2) is 0 Å². The number of carbonyl (C=O) groups excluding carboxylic acids is 1. The summed E-state index contributed by atoms with van der Waals surface area (Å²) in [5.74, 6) is 1.72. The van der Waals surface area contributed by atoms with Crippen LogP contribution in [0, 0.1) is 11.8 Å². The van der Waals surface area contributed by atoms with E-state index >= 15 is 0 Å². The molecule has 0 aromatic carbocycles. The molecule has 0 saturated heterocycles. The Kier molecular flexibility index (Phi) is 2.18. The molecule has 0 aromatic heterocycles. The van der Waals surface area contributed by atoms with Crippen molar-refractivity contribution in [2.45, 2.75) is 44.6 Å². The SMILES string of the molecule is O=C1CCC2CC(O)CC2CC1. The van der Waals surface area contributed by atoms with Crippen LogP contribution in [0.3, 0.4) is 0 Å². The molecule has 0 aliphatic heterocycles. The summed E-state index contributed by atoms with van der Waals surface area (Å²) in [6, 6.07) is 0. The lowest BCUT2D eigenvalue weighted by molar-refractivity contribution is -0.119. The average molecular weight is 168 g/mol. The van der Waals surface area contributed by atoms with Crippen molar-refractivity contribution in [1.82, 2.24) is 0 Å². The van der Waals surface area contributed by atoms with Crippen LogP contribution >= 0.6 is 0 Å². The summed E-state index contributed by atoms with van der Waals surface area (Å²) in [6.45, 7) is 0. The van der Waals surface area contributed by atoms with Gasteiger partial charge in [-0.2, -0.15) is 0 Å². The summed E-state index contributed by atoms with van der Waals surface area (Å²) in [5, 5.41) is 9.43. The molecule has 0 spiro atoms. The van der Waals surface area contributed by atoms with E-state index in [9.17, 15) is 9.90 Å². The molecule has 68 valence electrons. The zero-order valence-corrected chi connectivity index (χ0v) is 7.33. The van der Waals surface area contributed by atoms with Gasteiger partial charge >= 0.3 is 0 Å². The van der Waals surface area contributed by atoms with Gasteiger partial charge in [-0.15, -0.1) is 0 Å². The Hall–Kier alpha value is -0.370. The van der Waals surface area contributed by atoms with E-state index in [2.05, 4.69) is 0 Å². The number of ketones is 1. The molecule has 2 atom stereocenters. The van der Waals surface area contributed by atoms with E-state index in [1.807, 2.05) is 0 Å². The summed E-state index contributed by atoms with van der Waals surface area (Å²) in [4.78, 5) is 11.1. The number of hydrogen-bond acceptors (Lipinski definition) is 2. The Morgan fingerprint density at radius 2 is 1.58 bits per heavy atom. The second-order valence-corrected chi connectivity index (χ2v) is 4.26. The molecule has 2 rings (SSSR count). The van der Waals surface area contributed by atoms with E-state index in [-0.39, 0.29) is 6.10 Å². The van der Waals surface area contributed by atoms with Gasteiger partial charge in [0.2, 0.25) is 0 Å². The number of rotatable bonds is 0. The summed E-state index contributed by atoms with van der Waals surface area (Å²) in [6.07, 6.45) is 5.38. The van der Waals surface area contributed by atoms with Gasteiger partial charge in [0.05, 0.1) is 6.10 Å². The van der Waals surface area contributed by atoms with Gasteiger partial charge in [-0.05, 0) is 37.5 Å². The van der Waals surface area contributed by atoms with Crippen molar-refractivity contribution >= 4 is 5.78 Å². The number of hydrogen-bond donors (Lipinski definition) is 1. The molecule has 2 fully saturated rings. The van der Waals surface area contributed by atoms with Crippen LogP contribution in [-0.2, 0) is 4.79 Å². The number of carbonyl (C=O) groups is 1. The molecular formula is C10H16O2. The molecular weight excluding hydrogens is 152 g/mol. The van der Waals surface area contributed by atoms with Crippen molar-refractivity contribution in [2.75, 3.05) is 0 Å². The normalized spacial score (nSPS) is 42.4. The lowest BCUT2D eigenvalue weighted by Crippen LogP contribution is -2.04. The minimum absolute atomic E-state index is 0.0757. The van der Waals surface area contributed by atoms with Gasteiger partial charge in [0.1, 0.15) is 5.78 Å². The molecule has 1 N–H and O–H groups in total. The lowest BCUT2D eigenvalue weighted by atomic mass is 9.92. The summed E-state index contributed by atoms with van der Waals surface area (Å²) < 4.78 is 0. The Balaban J connectivity index is 2.00. The third-order valence-electron chi connectivity index (χ3n) is 3.40. The largest absolute Gasteiger partial charge is 0.393 e. The molecule has 2 saturated carbocycles. The molecule has 2 aliphatic rings. The van der Waals surface area contributed by atoms with Crippen LogP contribution in [0.25, 0.3) is 0 Å². The van der Waals surface area contributed by atoms with Crippen molar-refractivity contribution in [3.8, 4) is 0 Å². The fourth-order valence-corrected chi connectivity index (χ4v) is 2.70. The Bertz CT molecular complexity index is 170. The van der Waals surface area contributed by atoms with Gasteiger partial charge in [-0.1, -0.05) is 0 Å². The van der Waals surface area contributed by atoms with Gasteiger partial charge < -0.3 is 5.11 Å². The molecule has 2 unspecified atom stereocenters. The standard InChI is InChI=1S/C10H16O2/c11-9-3-1-7-5-10(12)6-8(7)2-4-9/h7-8,10,12H,1-6H2. The first kappa shape index (κ1) is 8.24. The van der Waals surface area contributed by atoms with E-state index in [0.29, 0.717) is 17.6 Å². The highest BCUT2D eigenvalue weighted by molar-refractivity contribution is 5.78. The first-order valence-electron chi connectivity index (χ1n) is 4.95. The maximum atomic E-state index is 11.1. The summed E-state index contributed by atoms with van der Waals surface area (Å²) >= 11 is 0. The van der Waals surface area contributed by atoms with Crippen LogP contribution in [0.5, 0.6) is 0 Å². The molecule has 0 radical (unpaired) electrons. The third-order valence-corrected chi connectivity index (χ3v) is 3.40. The van der Waals surface area contributed by atoms with Crippen LogP contribution < -0.4 is 0 Å². The zero-order valence-electron chi connectivity index (χ0n) is 7.33. The quantitative estimate of drug-likeness (QED) is 0.595. The monoisotopic (exact) mass is 168 g/mol. The van der Waals surface area contributed by atoms with E-state index in [4.69, 9.17) is 0 Å². The fraction of sp³-hybridized carbons (Fsp3) is 0.900. The predicted molar refractivity (Wildman–Crippen MR) is 45.7 cm³/mol. The first-order chi connectivity index (χ1) is 5.75. The second kappa shape index (κ2) is 3.17. The Morgan fingerprint density at radius 3 is 2.08 bits per heavy atom. The fourth-order valence-electron chi connectivity index (χ4n) is 2.70. The highest BCUT2D eigenvalue weighted by Crippen LogP contribution is 2.40. The number of fused-ring (bicyclic) bond motifs is 1. The highest BCUT2D eigenvalue weighted by Gasteiger charge is 2.34. The molecule has 0 bridgehead atoms. The van der Waals surface area contributed by atoms with E-state index in [0.717, 1.165) is 38.5 Å². The molecule has 2 nitrogen and oxygen atoms in total. The van der Waals surface area contributed by atoms with Crippen molar-refractivity contribution in [3.05, 3.63) is 0 Å². The van der Waals surface area contributed by atoms with Crippen molar-refractivity contribution in [2.24, 2.45) is 11.8 Å². The maximum absolute atomic E-state index is 11.1. The molecule has 0 heterocycles. The molecule has 0 amide bonds. The number of aliphatic hydroxyl groups excluding tert-OH is 1. The van der Waals surface area contributed by atoms with Crippen molar-refractivity contribution < 1.29 is 9.90 Å². The van der Waals surface area contributed by atoms with Gasteiger partial charge in [-0.3, -0.25) is 4.79 Å². The second-order valence-electron chi connectivity index (χ2n) is 4.26. The van der Waals surface area contributed by atoms with Crippen LogP contribution in [-0.4, -0.2) is 17.0 Å². The van der Waals surface area contributed by atoms with Crippen LogP contribution in [0.15, 0.2) is 0 Å². The van der Waals surface area contributed by atoms with Crippen LogP contribution in [0.1, 0.15) is 38.5 Å². The molecule has 2 heteroatoms. The van der Waals surface area contributed by atoms with Crippen molar-refractivity contribution in [3.63, 3.8) is 0 Å². The summed E-state index contributed by atoms with van der Waals surface area (Å²) in [5.41, 5.74) is 0. The average Bonchev–Trinajstić information content (AvgIpc) is 2.31. The minimum atomic E-state index is -0.0757. The molecule has 2 aliphatic carbocycles. The highest BCUT2D eigenvalue weighted by atomic mass is 16.3. The van der Waals surface area contributed by atoms with Crippen LogP contribution in [0.4, 0.5) is 0 Å². The Morgan fingerprint density at radius 1 is 1.08 bits per heavy atom. The predicted octanol–water partition coefficient (Wildman–Crippen LogP) is 1.52. The lowest BCUT2D eigenvalue weighted by Gasteiger charge is -2.13. The van der Waals surface area contributed by atoms with Gasteiger partial charge in [0.25, 0.3) is 0 Å². The van der Waals surface area contributed by atoms with Gasteiger partial charge in [0, 0.05) is 12.8 Å². The smallest absolute Gasteiger partial charge is 0.132 e. The minimum Gasteiger partial charge on any atom is -0.393 e. The molecule has 0 aromatic rings. The topological polar surface area (TPSA) is 37.3 Å². The van der Waals surface area contributed by atoms with Crippen LogP contribution in [0.2, 0.25) is 0 Å². The van der Waals surface area contributed by atoms with E-state index in [1.165, 1.54) is 0 Å². The van der Waals surface area contributed by atoms with E-state index in [1.54, 1.807) is 0 Å². The molecule has 12 heavy (non-hydrogen) atoms. The number of Topliss-reactive ketones (excluding diaryl/α,β-unsaturated/α-hetero) is 1. The van der Waals surface area contributed by atoms with Crippen molar-refractivity contribution in [1.29, 1.82) is 0 Å². The first-order valence-corrected chi connectivity index (χ1v) is 4.95. The zero-order chi connectivity index (χ0) is 8.55. The third kappa shape index (κ3) is 1.53. The Labute approximate surface area is 73.0 Å².